The van der Waals surface area contributed by atoms with E-state index in [1.165, 1.54) is 25.3 Å². The zero-order valence-electron chi connectivity index (χ0n) is 11.6. The molecule has 0 aliphatic carbocycles. The molecule has 0 aromatic heterocycles. The van der Waals surface area contributed by atoms with E-state index in [9.17, 15) is 14.7 Å². The molecule has 0 heterocycles. The predicted molar refractivity (Wildman–Crippen MR) is 72.3 cm³/mol. The average molecular weight is 262 g/mol. The van der Waals surface area contributed by atoms with Crippen LogP contribution in [0.5, 0.6) is 5.75 Å². The predicted octanol–water partition coefficient (Wildman–Crippen LogP) is 2.82. The van der Waals surface area contributed by atoms with Gasteiger partial charge >= 0.3 is 5.97 Å². The van der Waals surface area contributed by atoms with Crippen LogP contribution in [0, 0.1) is 0 Å². The fraction of sp³-hybridized carbons (Fsp3) is 0.333. The third kappa shape index (κ3) is 3.68. The van der Waals surface area contributed by atoms with Crippen molar-refractivity contribution >= 4 is 11.8 Å². The number of hydrogen-bond donors (Lipinski definition) is 1. The van der Waals surface area contributed by atoms with Gasteiger partial charge in [0.1, 0.15) is 5.75 Å². The Bertz CT molecular complexity index is 525. The maximum absolute atomic E-state index is 11.9. The zero-order chi connectivity index (χ0) is 14.6. The van der Waals surface area contributed by atoms with Gasteiger partial charge in [-0.25, -0.2) is 0 Å². The summed E-state index contributed by atoms with van der Waals surface area (Å²) in [4.78, 5) is 23.4. The van der Waals surface area contributed by atoms with Crippen LogP contribution < -0.4 is 0 Å². The van der Waals surface area contributed by atoms with Crippen LogP contribution in [-0.2, 0) is 9.53 Å². The Morgan fingerprint density at radius 1 is 1.32 bits per heavy atom. The molecule has 1 unspecified atom stereocenters. The summed E-state index contributed by atoms with van der Waals surface area (Å²) in [6, 6.07) is 4.55. The molecule has 0 saturated carbocycles. The Kier molecular flexibility index (Phi) is 4.87. The van der Waals surface area contributed by atoms with Crippen molar-refractivity contribution in [1.29, 1.82) is 0 Å². The third-order valence-corrected chi connectivity index (χ3v) is 2.76. The lowest BCUT2D eigenvalue weighted by Gasteiger charge is -2.11. The number of rotatable bonds is 4. The first-order valence-corrected chi connectivity index (χ1v) is 5.96. The van der Waals surface area contributed by atoms with Crippen molar-refractivity contribution in [2.45, 2.75) is 26.7 Å². The van der Waals surface area contributed by atoms with Crippen LogP contribution >= 0.6 is 0 Å². The summed E-state index contributed by atoms with van der Waals surface area (Å²) in [5.74, 6) is -1.24. The van der Waals surface area contributed by atoms with Gasteiger partial charge in [-0.05, 0) is 44.5 Å². The molecule has 4 heteroatoms. The lowest BCUT2D eigenvalue weighted by atomic mass is 9.96. The first kappa shape index (κ1) is 15.0. The van der Waals surface area contributed by atoms with Gasteiger partial charge in [-0.1, -0.05) is 11.6 Å². The standard InChI is InChI=1S/C15H18O4/c1-9(2)7-14(17)12-8-11(5-6-13(12)16)10(3)15(18)19-4/h5-8,10,16H,1-4H3. The zero-order valence-corrected chi connectivity index (χ0v) is 11.6. The van der Waals surface area contributed by atoms with Crippen LogP contribution in [0.25, 0.3) is 0 Å². The highest BCUT2D eigenvalue weighted by molar-refractivity contribution is 6.07. The topological polar surface area (TPSA) is 63.6 Å². The molecule has 19 heavy (non-hydrogen) atoms. The molecular weight excluding hydrogens is 244 g/mol. The van der Waals surface area contributed by atoms with E-state index in [2.05, 4.69) is 4.74 Å². The largest absolute Gasteiger partial charge is 0.507 e. The molecule has 0 aliphatic rings. The van der Waals surface area contributed by atoms with Gasteiger partial charge in [0.2, 0.25) is 0 Å². The molecule has 1 rings (SSSR count). The molecule has 0 fully saturated rings. The van der Waals surface area contributed by atoms with E-state index >= 15 is 0 Å². The highest BCUT2D eigenvalue weighted by Gasteiger charge is 2.18. The van der Waals surface area contributed by atoms with E-state index in [4.69, 9.17) is 0 Å². The summed E-state index contributed by atoms with van der Waals surface area (Å²) < 4.78 is 4.66. The van der Waals surface area contributed by atoms with Crippen LogP contribution in [-0.4, -0.2) is 24.0 Å². The summed E-state index contributed by atoms with van der Waals surface area (Å²) in [5, 5.41) is 9.73. The van der Waals surface area contributed by atoms with Crippen molar-refractivity contribution in [2.75, 3.05) is 7.11 Å². The SMILES string of the molecule is COC(=O)C(C)c1ccc(O)c(C(=O)C=C(C)C)c1. The molecule has 1 N–H and O–H groups in total. The monoisotopic (exact) mass is 262 g/mol. The van der Waals surface area contributed by atoms with Crippen LogP contribution in [0.2, 0.25) is 0 Å². The van der Waals surface area contributed by atoms with Crippen LogP contribution in [0.3, 0.4) is 0 Å². The Morgan fingerprint density at radius 2 is 1.95 bits per heavy atom. The number of methoxy groups -OCH3 is 1. The van der Waals surface area contributed by atoms with Gasteiger partial charge in [0.15, 0.2) is 5.78 Å². The Balaban J connectivity index is 3.18. The van der Waals surface area contributed by atoms with Crippen molar-refractivity contribution in [1.82, 2.24) is 0 Å². The highest BCUT2D eigenvalue weighted by atomic mass is 16.5. The summed E-state index contributed by atoms with van der Waals surface area (Å²) in [7, 11) is 1.31. The minimum absolute atomic E-state index is 0.0942. The lowest BCUT2D eigenvalue weighted by Crippen LogP contribution is -2.11. The Morgan fingerprint density at radius 3 is 2.47 bits per heavy atom. The number of hydrogen-bond acceptors (Lipinski definition) is 4. The van der Waals surface area contributed by atoms with E-state index in [-0.39, 0.29) is 23.1 Å². The number of allylic oxidation sites excluding steroid dienone is 2. The van der Waals surface area contributed by atoms with E-state index in [1.54, 1.807) is 26.8 Å². The number of esters is 1. The number of ketones is 1. The van der Waals surface area contributed by atoms with Crippen molar-refractivity contribution in [3.05, 3.63) is 41.0 Å². The number of ether oxygens (including phenoxy) is 1. The number of phenols is 1. The van der Waals surface area contributed by atoms with Gasteiger partial charge in [0.25, 0.3) is 0 Å². The lowest BCUT2D eigenvalue weighted by molar-refractivity contribution is -0.142. The molecule has 0 saturated heterocycles. The second kappa shape index (κ2) is 6.18. The first-order valence-electron chi connectivity index (χ1n) is 5.96. The normalized spacial score (nSPS) is 11.6. The summed E-state index contributed by atoms with van der Waals surface area (Å²) >= 11 is 0. The molecule has 1 aromatic rings. The van der Waals surface area contributed by atoms with Crippen LogP contribution in [0.4, 0.5) is 0 Å². The number of aromatic hydroxyl groups is 1. The molecule has 0 amide bonds. The van der Waals surface area contributed by atoms with E-state index in [0.29, 0.717) is 5.56 Å². The van der Waals surface area contributed by atoms with Crippen LogP contribution in [0.15, 0.2) is 29.8 Å². The van der Waals surface area contributed by atoms with E-state index in [1.807, 2.05) is 0 Å². The first-order chi connectivity index (χ1) is 8.86. The highest BCUT2D eigenvalue weighted by Crippen LogP contribution is 2.25. The molecule has 0 radical (unpaired) electrons. The third-order valence-electron chi connectivity index (χ3n) is 2.76. The minimum Gasteiger partial charge on any atom is -0.507 e. The van der Waals surface area contributed by atoms with E-state index in [0.717, 1.165) is 5.57 Å². The fourth-order valence-electron chi connectivity index (χ4n) is 1.67. The van der Waals surface area contributed by atoms with E-state index < -0.39 is 5.92 Å². The molecule has 0 aliphatic heterocycles. The molecule has 0 spiro atoms. The Hall–Kier alpha value is -2.10. The van der Waals surface area contributed by atoms with Crippen molar-refractivity contribution in [3.8, 4) is 5.75 Å². The van der Waals surface area contributed by atoms with Gasteiger partial charge in [-0.3, -0.25) is 9.59 Å². The average Bonchev–Trinajstić information content (AvgIpc) is 2.36. The second-order valence-corrected chi connectivity index (χ2v) is 4.61. The number of carbonyl (C=O) groups is 2. The van der Waals surface area contributed by atoms with Gasteiger partial charge in [-0.15, -0.1) is 0 Å². The Labute approximate surface area is 112 Å². The molecule has 1 aromatic carbocycles. The maximum atomic E-state index is 11.9. The number of carbonyl (C=O) groups excluding carboxylic acids is 2. The summed E-state index contributed by atoms with van der Waals surface area (Å²) in [5.41, 5.74) is 1.67. The second-order valence-electron chi connectivity index (χ2n) is 4.61. The molecule has 102 valence electrons. The molecule has 0 bridgehead atoms. The fourth-order valence-corrected chi connectivity index (χ4v) is 1.67. The molecule has 4 nitrogen and oxygen atoms in total. The molecule has 1 atom stereocenters. The smallest absolute Gasteiger partial charge is 0.312 e. The van der Waals surface area contributed by atoms with Crippen molar-refractivity contribution in [3.63, 3.8) is 0 Å². The van der Waals surface area contributed by atoms with Crippen LogP contribution in [0.1, 0.15) is 42.6 Å². The molecular formula is C15H18O4. The summed E-state index contributed by atoms with van der Waals surface area (Å²) in [6.07, 6.45) is 1.45. The minimum atomic E-state index is -0.483. The summed E-state index contributed by atoms with van der Waals surface area (Å²) in [6.45, 7) is 5.29. The maximum Gasteiger partial charge on any atom is 0.312 e. The van der Waals surface area contributed by atoms with Gasteiger partial charge < -0.3 is 9.84 Å². The van der Waals surface area contributed by atoms with Crippen molar-refractivity contribution < 1.29 is 19.4 Å². The van der Waals surface area contributed by atoms with Gasteiger partial charge in [0, 0.05) is 0 Å². The van der Waals surface area contributed by atoms with Gasteiger partial charge in [-0.2, -0.15) is 0 Å². The number of phenolic OH excluding ortho intramolecular Hbond substituents is 1. The number of benzene rings is 1. The van der Waals surface area contributed by atoms with Gasteiger partial charge in [0.05, 0.1) is 18.6 Å². The van der Waals surface area contributed by atoms with Crippen molar-refractivity contribution in [2.24, 2.45) is 0 Å². The quantitative estimate of drug-likeness (QED) is 0.515.